The highest BCUT2D eigenvalue weighted by Gasteiger charge is 2.22. The Labute approximate surface area is 145 Å². The predicted octanol–water partition coefficient (Wildman–Crippen LogP) is 2.99. The van der Waals surface area contributed by atoms with Crippen molar-refractivity contribution in [2.75, 3.05) is 37.4 Å². The van der Waals surface area contributed by atoms with Crippen LogP contribution in [0.4, 0.5) is 11.8 Å². The van der Waals surface area contributed by atoms with Crippen LogP contribution in [0.1, 0.15) is 12.0 Å². The van der Waals surface area contributed by atoms with Crippen molar-refractivity contribution in [1.29, 1.82) is 0 Å². The summed E-state index contributed by atoms with van der Waals surface area (Å²) in [6.45, 7) is 3.15. The number of anilines is 2. The van der Waals surface area contributed by atoms with Crippen molar-refractivity contribution in [3.63, 3.8) is 0 Å². The van der Waals surface area contributed by atoms with Gasteiger partial charge in [0.2, 0.25) is 5.95 Å². The average Bonchev–Trinajstić information content (AvgIpc) is 2.97. The van der Waals surface area contributed by atoms with Gasteiger partial charge in [0.15, 0.2) is 0 Å². The summed E-state index contributed by atoms with van der Waals surface area (Å²) in [7, 11) is 3.91. The van der Waals surface area contributed by atoms with E-state index in [9.17, 15) is 0 Å². The van der Waals surface area contributed by atoms with Crippen LogP contribution in [0.15, 0.2) is 41.0 Å². The standard InChI is InChI=1S/C17H22BrN5/c1-22(2)17-19-9-7-16(21-17)20-15-8-10-23(12-15)11-13-3-5-14(18)6-4-13/h3-7,9,15H,8,10-12H2,1-2H3,(H,19,20,21). The molecule has 1 N–H and O–H groups in total. The van der Waals surface area contributed by atoms with Crippen molar-refractivity contribution in [3.8, 4) is 0 Å². The summed E-state index contributed by atoms with van der Waals surface area (Å²) < 4.78 is 1.13. The minimum absolute atomic E-state index is 0.440. The maximum atomic E-state index is 4.53. The van der Waals surface area contributed by atoms with Crippen LogP contribution in [-0.2, 0) is 6.54 Å². The second kappa shape index (κ2) is 7.27. The molecule has 1 aliphatic heterocycles. The number of aromatic nitrogens is 2. The van der Waals surface area contributed by atoms with Crippen molar-refractivity contribution in [3.05, 3.63) is 46.6 Å². The Bertz CT molecular complexity index is 644. The minimum Gasteiger partial charge on any atom is -0.366 e. The van der Waals surface area contributed by atoms with E-state index in [1.807, 2.05) is 25.1 Å². The van der Waals surface area contributed by atoms with E-state index in [4.69, 9.17) is 0 Å². The van der Waals surface area contributed by atoms with Gasteiger partial charge in [0.25, 0.3) is 0 Å². The summed E-state index contributed by atoms with van der Waals surface area (Å²) >= 11 is 3.48. The molecular formula is C17H22BrN5. The molecule has 23 heavy (non-hydrogen) atoms. The van der Waals surface area contributed by atoms with Crippen molar-refractivity contribution in [1.82, 2.24) is 14.9 Å². The van der Waals surface area contributed by atoms with Crippen LogP contribution >= 0.6 is 15.9 Å². The first-order valence-corrected chi connectivity index (χ1v) is 8.63. The molecule has 5 nitrogen and oxygen atoms in total. The Kier molecular flexibility index (Phi) is 5.13. The van der Waals surface area contributed by atoms with Gasteiger partial charge in [0.1, 0.15) is 5.82 Å². The van der Waals surface area contributed by atoms with Gasteiger partial charge in [-0.05, 0) is 30.2 Å². The lowest BCUT2D eigenvalue weighted by Crippen LogP contribution is -2.26. The second-order valence-electron chi connectivity index (χ2n) is 6.13. The number of likely N-dealkylation sites (tertiary alicyclic amines) is 1. The smallest absolute Gasteiger partial charge is 0.226 e. The first kappa shape index (κ1) is 16.2. The van der Waals surface area contributed by atoms with Crippen LogP contribution in [-0.4, -0.2) is 48.1 Å². The average molecular weight is 376 g/mol. The summed E-state index contributed by atoms with van der Waals surface area (Å²) in [5.74, 6) is 1.64. The molecule has 6 heteroatoms. The van der Waals surface area contributed by atoms with Gasteiger partial charge < -0.3 is 10.2 Å². The van der Waals surface area contributed by atoms with Gasteiger partial charge in [-0.25, -0.2) is 4.98 Å². The molecule has 1 fully saturated rings. The van der Waals surface area contributed by atoms with E-state index in [1.165, 1.54) is 5.56 Å². The van der Waals surface area contributed by atoms with Crippen molar-refractivity contribution in [2.45, 2.75) is 19.0 Å². The first-order chi connectivity index (χ1) is 11.1. The Morgan fingerprint density at radius 1 is 1.26 bits per heavy atom. The van der Waals surface area contributed by atoms with Crippen molar-refractivity contribution < 1.29 is 0 Å². The lowest BCUT2D eigenvalue weighted by Gasteiger charge is -2.18. The van der Waals surface area contributed by atoms with E-state index < -0.39 is 0 Å². The number of hydrogen-bond acceptors (Lipinski definition) is 5. The zero-order valence-corrected chi connectivity index (χ0v) is 15.1. The van der Waals surface area contributed by atoms with E-state index in [2.05, 4.69) is 60.4 Å². The van der Waals surface area contributed by atoms with Crippen LogP contribution in [0, 0.1) is 0 Å². The number of nitrogens with zero attached hydrogens (tertiary/aromatic N) is 4. The maximum Gasteiger partial charge on any atom is 0.226 e. The molecule has 1 aromatic carbocycles. The Morgan fingerprint density at radius 2 is 2.04 bits per heavy atom. The summed E-state index contributed by atoms with van der Waals surface area (Å²) in [6, 6.07) is 10.9. The zero-order chi connectivity index (χ0) is 16.2. The molecule has 1 aromatic heterocycles. The lowest BCUT2D eigenvalue weighted by atomic mass is 10.2. The fourth-order valence-corrected chi connectivity index (χ4v) is 3.06. The fraction of sp³-hybridized carbons (Fsp3) is 0.412. The third-order valence-electron chi connectivity index (χ3n) is 3.99. The van der Waals surface area contributed by atoms with Crippen LogP contribution in [0.5, 0.6) is 0 Å². The van der Waals surface area contributed by atoms with Crippen LogP contribution in [0.25, 0.3) is 0 Å². The Balaban J connectivity index is 1.55. The molecule has 1 atom stereocenters. The van der Waals surface area contributed by atoms with Gasteiger partial charge in [0.05, 0.1) is 0 Å². The van der Waals surface area contributed by atoms with E-state index in [1.54, 1.807) is 6.20 Å². The summed E-state index contributed by atoms with van der Waals surface area (Å²) in [5, 5.41) is 3.53. The Morgan fingerprint density at radius 3 is 2.78 bits per heavy atom. The molecule has 1 saturated heterocycles. The normalized spacial score (nSPS) is 18.1. The van der Waals surface area contributed by atoms with Crippen LogP contribution in [0.2, 0.25) is 0 Å². The monoisotopic (exact) mass is 375 g/mol. The fourth-order valence-electron chi connectivity index (χ4n) is 2.80. The third-order valence-corrected chi connectivity index (χ3v) is 4.52. The number of rotatable bonds is 5. The van der Waals surface area contributed by atoms with Gasteiger partial charge in [-0.1, -0.05) is 28.1 Å². The summed E-state index contributed by atoms with van der Waals surface area (Å²) in [5.41, 5.74) is 1.35. The number of benzene rings is 1. The number of hydrogen-bond donors (Lipinski definition) is 1. The zero-order valence-electron chi connectivity index (χ0n) is 13.5. The molecule has 2 heterocycles. The quantitative estimate of drug-likeness (QED) is 0.869. The van der Waals surface area contributed by atoms with Crippen LogP contribution < -0.4 is 10.2 Å². The SMILES string of the molecule is CN(C)c1nccc(NC2CCN(Cc3ccc(Br)cc3)C2)n1. The lowest BCUT2D eigenvalue weighted by molar-refractivity contribution is 0.328. The maximum absolute atomic E-state index is 4.53. The molecule has 0 aliphatic carbocycles. The van der Waals surface area contributed by atoms with E-state index in [0.717, 1.165) is 42.3 Å². The molecule has 0 bridgehead atoms. The van der Waals surface area contributed by atoms with E-state index in [-0.39, 0.29) is 0 Å². The van der Waals surface area contributed by atoms with Crippen molar-refractivity contribution >= 4 is 27.7 Å². The van der Waals surface area contributed by atoms with Gasteiger partial charge in [-0.3, -0.25) is 4.90 Å². The highest BCUT2D eigenvalue weighted by atomic mass is 79.9. The molecule has 3 rings (SSSR count). The highest BCUT2D eigenvalue weighted by Crippen LogP contribution is 2.19. The summed E-state index contributed by atoms with van der Waals surface area (Å²) in [4.78, 5) is 13.2. The molecule has 1 unspecified atom stereocenters. The second-order valence-corrected chi connectivity index (χ2v) is 7.04. The minimum atomic E-state index is 0.440. The van der Waals surface area contributed by atoms with Crippen molar-refractivity contribution in [2.24, 2.45) is 0 Å². The van der Waals surface area contributed by atoms with Gasteiger partial charge in [-0.15, -0.1) is 0 Å². The third kappa shape index (κ3) is 4.42. The molecular weight excluding hydrogens is 354 g/mol. The highest BCUT2D eigenvalue weighted by molar-refractivity contribution is 9.10. The van der Waals surface area contributed by atoms with Crippen LogP contribution in [0.3, 0.4) is 0 Å². The topological polar surface area (TPSA) is 44.3 Å². The first-order valence-electron chi connectivity index (χ1n) is 7.84. The van der Waals surface area contributed by atoms with Gasteiger partial charge in [0, 0.05) is 50.4 Å². The molecule has 2 aromatic rings. The van der Waals surface area contributed by atoms with Gasteiger partial charge >= 0.3 is 0 Å². The molecule has 0 radical (unpaired) electrons. The molecule has 1 aliphatic rings. The van der Waals surface area contributed by atoms with E-state index in [0.29, 0.717) is 6.04 Å². The number of nitrogens with one attached hydrogen (secondary N) is 1. The molecule has 0 spiro atoms. The largest absolute Gasteiger partial charge is 0.366 e. The predicted molar refractivity (Wildman–Crippen MR) is 97.8 cm³/mol. The van der Waals surface area contributed by atoms with Gasteiger partial charge in [-0.2, -0.15) is 4.98 Å². The summed E-state index contributed by atoms with van der Waals surface area (Å²) in [6.07, 6.45) is 2.94. The van der Waals surface area contributed by atoms with E-state index >= 15 is 0 Å². The Hall–Kier alpha value is -1.66. The molecule has 122 valence electrons. The molecule has 0 saturated carbocycles. The molecule has 0 amide bonds. The number of halogens is 1.